The Morgan fingerprint density at radius 1 is 1.14 bits per heavy atom. The summed E-state index contributed by atoms with van der Waals surface area (Å²) in [6.45, 7) is 7.62. The SMILES string of the molecule is Cc1ncc(Cl)cc1C(=O)NC1CCC(Cn2c(=O)n(C(=O)OC(C)(C)C)c3ccccc32)CC1. The second-order valence-corrected chi connectivity index (χ2v) is 10.6. The average molecular weight is 499 g/mol. The van der Waals surface area contributed by atoms with E-state index in [0.29, 0.717) is 33.9 Å². The number of aromatic nitrogens is 3. The summed E-state index contributed by atoms with van der Waals surface area (Å²) in [6, 6.07) is 8.96. The number of halogens is 1. The second-order valence-electron chi connectivity index (χ2n) is 10.2. The Morgan fingerprint density at radius 2 is 1.80 bits per heavy atom. The van der Waals surface area contributed by atoms with E-state index in [4.69, 9.17) is 16.3 Å². The number of hydrogen-bond acceptors (Lipinski definition) is 5. The van der Waals surface area contributed by atoms with Crippen molar-refractivity contribution in [3.8, 4) is 0 Å². The first-order valence-electron chi connectivity index (χ1n) is 11.9. The maximum Gasteiger partial charge on any atom is 0.423 e. The first-order valence-corrected chi connectivity index (χ1v) is 12.3. The second kappa shape index (κ2) is 9.85. The van der Waals surface area contributed by atoms with Crippen LogP contribution in [0.4, 0.5) is 4.79 Å². The normalized spacial score (nSPS) is 18.4. The number of nitrogens with one attached hydrogen (secondary N) is 1. The van der Waals surface area contributed by atoms with E-state index in [-0.39, 0.29) is 23.6 Å². The maximum atomic E-state index is 13.3. The zero-order chi connectivity index (χ0) is 25.3. The van der Waals surface area contributed by atoms with Crippen LogP contribution in [0.5, 0.6) is 0 Å². The van der Waals surface area contributed by atoms with Crippen LogP contribution in [0.1, 0.15) is 62.5 Å². The van der Waals surface area contributed by atoms with Gasteiger partial charge in [-0.15, -0.1) is 0 Å². The Bertz CT molecular complexity index is 1310. The van der Waals surface area contributed by atoms with E-state index in [9.17, 15) is 14.4 Å². The summed E-state index contributed by atoms with van der Waals surface area (Å²) < 4.78 is 8.27. The zero-order valence-electron chi connectivity index (χ0n) is 20.5. The van der Waals surface area contributed by atoms with Crippen molar-refractivity contribution < 1.29 is 14.3 Å². The standard InChI is InChI=1S/C26H31ClN4O4/c1-16-20(13-18(27)14-28-16)23(32)29-19-11-9-17(10-12-19)15-30-21-7-5-6-8-22(21)31(24(30)33)25(34)35-26(2,3)4/h5-8,13-14,17,19H,9-12,15H2,1-4H3,(H,29,32). The number of hydrogen-bond donors (Lipinski definition) is 1. The minimum absolute atomic E-state index is 0.0527. The van der Waals surface area contributed by atoms with Gasteiger partial charge in [0.05, 0.1) is 27.3 Å². The molecule has 186 valence electrons. The fourth-order valence-electron chi connectivity index (χ4n) is 4.62. The zero-order valence-corrected chi connectivity index (χ0v) is 21.3. The van der Waals surface area contributed by atoms with Gasteiger partial charge in [0.2, 0.25) is 0 Å². The van der Waals surface area contributed by atoms with E-state index in [2.05, 4.69) is 10.3 Å². The number of rotatable bonds is 4. The van der Waals surface area contributed by atoms with Crippen LogP contribution < -0.4 is 11.0 Å². The van der Waals surface area contributed by atoms with Crippen LogP contribution in [-0.2, 0) is 11.3 Å². The van der Waals surface area contributed by atoms with E-state index < -0.39 is 11.7 Å². The highest BCUT2D eigenvalue weighted by Crippen LogP contribution is 2.27. The van der Waals surface area contributed by atoms with Gasteiger partial charge in [0.1, 0.15) is 5.60 Å². The molecular weight excluding hydrogens is 468 g/mol. The van der Waals surface area contributed by atoms with Crippen LogP contribution in [0.25, 0.3) is 11.0 Å². The summed E-state index contributed by atoms with van der Waals surface area (Å²) in [6.07, 6.45) is 4.19. The lowest BCUT2D eigenvalue weighted by Crippen LogP contribution is -2.39. The smallest absolute Gasteiger partial charge is 0.423 e. The van der Waals surface area contributed by atoms with Crippen LogP contribution in [0.3, 0.4) is 0 Å². The summed E-state index contributed by atoms with van der Waals surface area (Å²) in [5.74, 6) is 0.0888. The van der Waals surface area contributed by atoms with E-state index in [1.807, 2.05) is 12.1 Å². The van der Waals surface area contributed by atoms with Gasteiger partial charge in [-0.25, -0.2) is 9.59 Å². The van der Waals surface area contributed by atoms with Crippen molar-refractivity contribution in [2.45, 2.75) is 71.6 Å². The van der Waals surface area contributed by atoms with Gasteiger partial charge in [0, 0.05) is 18.8 Å². The van der Waals surface area contributed by atoms with Crippen LogP contribution in [0.2, 0.25) is 5.02 Å². The van der Waals surface area contributed by atoms with Crippen molar-refractivity contribution in [3.63, 3.8) is 0 Å². The van der Waals surface area contributed by atoms with Gasteiger partial charge >= 0.3 is 11.8 Å². The van der Waals surface area contributed by atoms with Crippen molar-refractivity contribution >= 4 is 34.6 Å². The summed E-state index contributed by atoms with van der Waals surface area (Å²) >= 11 is 6.01. The highest BCUT2D eigenvalue weighted by atomic mass is 35.5. The summed E-state index contributed by atoms with van der Waals surface area (Å²) in [5.41, 5.74) is 1.28. The number of benzene rings is 1. The fourth-order valence-corrected chi connectivity index (χ4v) is 4.77. The molecule has 0 unspecified atom stereocenters. The van der Waals surface area contributed by atoms with Crippen molar-refractivity contribution in [1.82, 2.24) is 19.4 Å². The quantitative estimate of drug-likeness (QED) is 0.550. The van der Waals surface area contributed by atoms with Crippen molar-refractivity contribution in [1.29, 1.82) is 0 Å². The van der Waals surface area contributed by atoms with E-state index in [1.165, 1.54) is 6.20 Å². The van der Waals surface area contributed by atoms with E-state index >= 15 is 0 Å². The van der Waals surface area contributed by atoms with Crippen molar-refractivity contribution in [2.24, 2.45) is 5.92 Å². The lowest BCUT2D eigenvalue weighted by Gasteiger charge is -2.29. The largest absolute Gasteiger partial charge is 0.443 e. The molecule has 2 heterocycles. The van der Waals surface area contributed by atoms with Crippen LogP contribution in [-0.4, -0.2) is 37.8 Å². The van der Waals surface area contributed by atoms with Gasteiger partial charge in [-0.1, -0.05) is 23.7 Å². The molecule has 1 saturated carbocycles. The molecule has 1 fully saturated rings. The molecule has 35 heavy (non-hydrogen) atoms. The molecule has 0 radical (unpaired) electrons. The molecule has 0 aliphatic heterocycles. The van der Waals surface area contributed by atoms with Gasteiger partial charge in [-0.05, 0) is 77.5 Å². The Labute approximate surface area is 209 Å². The molecule has 0 bridgehead atoms. The Kier molecular flexibility index (Phi) is 7.03. The highest BCUT2D eigenvalue weighted by Gasteiger charge is 2.27. The monoisotopic (exact) mass is 498 g/mol. The Balaban J connectivity index is 1.45. The molecule has 1 N–H and O–H groups in total. The van der Waals surface area contributed by atoms with Crippen LogP contribution in [0.15, 0.2) is 41.3 Å². The third-order valence-corrected chi connectivity index (χ3v) is 6.54. The van der Waals surface area contributed by atoms with Gasteiger partial charge < -0.3 is 10.1 Å². The number of amides is 1. The Hall–Kier alpha value is -3.13. The van der Waals surface area contributed by atoms with Gasteiger partial charge in [0.25, 0.3) is 5.91 Å². The van der Waals surface area contributed by atoms with Gasteiger partial charge in [-0.3, -0.25) is 14.3 Å². The minimum Gasteiger partial charge on any atom is -0.443 e. The molecule has 8 nitrogen and oxygen atoms in total. The summed E-state index contributed by atoms with van der Waals surface area (Å²) in [7, 11) is 0. The third kappa shape index (κ3) is 5.59. The number of para-hydroxylation sites is 2. The molecule has 0 saturated heterocycles. The number of nitrogens with zero attached hydrogens (tertiary/aromatic N) is 3. The number of ether oxygens (including phenoxy) is 1. The minimum atomic E-state index is -0.706. The van der Waals surface area contributed by atoms with E-state index in [1.54, 1.807) is 50.5 Å². The Morgan fingerprint density at radius 3 is 2.46 bits per heavy atom. The summed E-state index contributed by atoms with van der Waals surface area (Å²) in [4.78, 5) is 42.9. The van der Waals surface area contributed by atoms with Gasteiger partial charge in [0.15, 0.2) is 0 Å². The molecule has 1 aromatic carbocycles. The van der Waals surface area contributed by atoms with Crippen molar-refractivity contribution in [3.05, 3.63) is 63.3 Å². The van der Waals surface area contributed by atoms with Crippen LogP contribution >= 0.6 is 11.6 Å². The molecule has 9 heteroatoms. The predicted molar refractivity (Wildman–Crippen MR) is 135 cm³/mol. The lowest BCUT2D eigenvalue weighted by atomic mass is 9.85. The maximum absolute atomic E-state index is 13.3. The average Bonchev–Trinajstić information content (AvgIpc) is 3.07. The number of carbonyl (C=O) groups is 2. The van der Waals surface area contributed by atoms with Gasteiger partial charge in [-0.2, -0.15) is 4.57 Å². The molecule has 1 aliphatic rings. The predicted octanol–water partition coefficient (Wildman–Crippen LogP) is 4.93. The van der Waals surface area contributed by atoms with Crippen LogP contribution in [0, 0.1) is 12.8 Å². The molecular formula is C26H31ClN4O4. The molecule has 1 amide bonds. The number of aryl methyl sites for hydroxylation is 1. The van der Waals surface area contributed by atoms with E-state index in [0.717, 1.165) is 30.3 Å². The number of pyridine rings is 1. The molecule has 2 aromatic heterocycles. The number of imidazole rings is 1. The molecule has 0 spiro atoms. The topological polar surface area (TPSA) is 95.2 Å². The summed E-state index contributed by atoms with van der Waals surface area (Å²) in [5, 5.41) is 3.53. The third-order valence-electron chi connectivity index (χ3n) is 6.33. The first kappa shape index (κ1) is 25.0. The highest BCUT2D eigenvalue weighted by molar-refractivity contribution is 6.30. The lowest BCUT2D eigenvalue weighted by molar-refractivity contribution is 0.0536. The molecule has 3 aromatic rings. The number of carbonyl (C=O) groups excluding carboxylic acids is 2. The van der Waals surface area contributed by atoms with Crippen molar-refractivity contribution in [2.75, 3.05) is 0 Å². The molecule has 4 rings (SSSR count). The number of fused-ring (bicyclic) bond motifs is 1. The molecule has 0 atom stereocenters. The molecule has 1 aliphatic carbocycles. The first-order chi connectivity index (χ1) is 16.5. The fraction of sp³-hybridized carbons (Fsp3) is 0.462.